The molecule has 0 saturated carbocycles. The monoisotopic (exact) mass is 230 g/mol. The summed E-state index contributed by atoms with van der Waals surface area (Å²) in [4.78, 5) is 0. The Hall–Kier alpha value is -0.160. The van der Waals surface area contributed by atoms with Gasteiger partial charge in [-0.05, 0) is 5.41 Å². The Morgan fingerprint density at radius 3 is 2.19 bits per heavy atom. The summed E-state index contributed by atoms with van der Waals surface area (Å²) in [5.41, 5.74) is 0.0965. The predicted octanol–water partition coefficient (Wildman–Crippen LogP) is 1.23. The van der Waals surface area contributed by atoms with Gasteiger partial charge in [-0.15, -0.1) is 0 Å². The van der Waals surface area contributed by atoms with Gasteiger partial charge in [0.15, 0.2) is 0 Å². The molecule has 0 bridgehead atoms. The van der Waals surface area contributed by atoms with Gasteiger partial charge in [0, 0.05) is 0 Å². The lowest BCUT2D eigenvalue weighted by Gasteiger charge is -2.30. The number of hydrogen-bond acceptors (Lipinski definition) is 4. The van der Waals surface area contributed by atoms with E-state index >= 15 is 0 Å². The van der Waals surface area contributed by atoms with Crippen molar-refractivity contribution in [2.45, 2.75) is 39.1 Å². The third-order valence-electron chi connectivity index (χ3n) is 2.83. The Morgan fingerprint density at radius 1 is 1.12 bits per heavy atom. The summed E-state index contributed by atoms with van der Waals surface area (Å²) >= 11 is 0. The van der Waals surface area contributed by atoms with Crippen molar-refractivity contribution < 1.29 is 18.9 Å². The molecule has 0 aliphatic carbocycles. The van der Waals surface area contributed by atoms with Crippen molar-refractivity contribution in [2.24, 2.45) is 5.41 Å². The van der Waals surface area contributed by atoms with E-state index in [9.17, 15) is 0 Å². The summed E-state index contributed by atoms with van der Waals surface area (Å²) < 4.78 is 21.7. The van der Waals surface area contributed by atoms with E-state index in [0.29, 0.717) is 32.0 Å². The molecule has 4 heteroatoms. The van der Waals surface area contributed by atoms with E-state index in [2.05, 4.69) is 20.8 Å². The number of epoxide rings is 2. The molecule has 3 atom stereocenters. The second-order valence-electron chi connectivity index (χ2n) is 5.64. The van der Waals surface area contributed by atoms with Crippen LogP contribution in [0.3, 0.4) is 0 Å². The minimum atomic E-state index is 0.0965. The van der Waals surface area contributed by atoms with Crippen molar-refractivity contribution in [2.75, 3.05) is 33.0 Å². The fourth-order valence-corrected chi connectivity index (χ4v) is 1.41. The van der Waals surface area contributed by atoms with Gasteiger partial charge in [0.25, 0.3) is 0 Å². The highest BCUT2D eigenvalue weighted by atomic mass is 16.6. The fraction of sp³-hybridized carbons (Fsp3) is 1.00. The maximum Gasteiger partial charge on any atom is 0.104 e. The molecule has 0 aromatic rings. The Balaban J connectivity index is 1.66. The van der Waals surface area contributed by atoms with Crippen molar-refractivity contribution in [3.05, 3.63) is 0 Å². The Kier molecular flexibility index (Phi) is 3.85. The first-order valence-corrected chi connectivity index (χ1v) is 5.98. The number of rotatable bonds is 7. The zero-order valence-corrected chi connectivity index (χ0v) is 10.4. The van der Waals surface area contributed by atoms with E-state index in [-0.39, 0.29) is 11.5 Å². The average Bonchev–Trinajstić information content (AvgIpc) is 3.01. The maximum atomic E-state index is 5.84. The molecule has 2 fully saturated rings. The van der Waals surface area contributed by atoms with Crippen LogP contribution >= 0.6 is 0 Å². The van der Waals surface area contributed by atoms with Gasteiger partial charge >= 0.3 is 0 Å². The lowest BCUT2D eigenvalue weighted by molar-refractivity contribution is -0.0742. The Morgan fingerprint density at radius 2 is 1.69 bits per heavy atom. The fourth-order valence-electron chi connectivity index (χ4n) is 1.41. The molecule has 16 heavy (non-hydrogen) atoms. The van der Waals surface area contributed by atoms with E-state index in [0.717, 1.165) is 13.2 Å². The minimum absolute atomic E-state index is 0.0965. The summed E-state index contributed by atoms with van der Waals surface area (Å²) in [5.74, 6) is 0. The quantitative estimate of drug-likeness (QED) is 0.617. The van der Waals surface area contributed by atoms with Crippen molar-refractivity contribution in [3.63, 3.8) is 0 Å². The second-order valence-corrected chi connectivity index (χ2v) is 5.64. The van der Waals surface area contributed by atoms with Gasteiger partial charge in [-0.1, -0.05) is 20.8 Å². The SMILES string of the molecule is CC(C)(C)C(COCC1CO1)OCC1CO1. The van der Waals surface area contributed by atoms with Crippen LogP contribution in [0, 0.1) is 5.41 Å². The van der Waals surface area contributed by atoms with Crippen LogP contribution in [0.4, 0.5) is 0 Å². The van der Waals surface area contributed by atoms with Crippen LogP contribution in [0.1, 0.15) is 20.8 Å². The van der Waals surface area contributed by atoms with Crippen LogP contribution in [0.15, 0.2) is 0 Å². The lowest BCUT2D eigenvalue weighted by Crippen LogP contribution is -2.35. The smallest absolute Gasteiger partial charge is 0.104 e. The zero-order chi connectivity index (χ0) is 11.6. The molecule has 2 aliphatic rings. The lowest BCUT2D eigenvalue weighted by atomic mass is 9.89. The van der Waals surface area contributed by atoms with Crippen LogP contribution in [0.2, 0.25) is 0 Å². The molecule has 94 valence electrons. The van der Waals surface area contributed by atoms with E-state index in [1.165, 1.54) is 0 Å². The van der Waals surface area contributed by atoms with Crippen molar-refractivity contribution >= 4 is 0 Å². The molecule has 0 amide bonds. The van der Waals surface area contributed by atoms with Gasteiger partial charge in [-0.3, -0.25) is 0 Å². The van der Waals surface area contributed by atoms with Gasteiger partial charge in [0.1, 0.15) is 12.2 Å². The van der Waals surface area contributed by atoms with Crippen molar-refractivity contribution in [1.29, 1.82) is 0 Å². The molecule has 2 saturated heterocycles. The van der Waals surface area contributed by atoms with Crippen LogP contribution in [0.25, 0.3) is 0 Å². The van der Waals surface area contributed by atoms with Gasteiger partial charge < -0.3 is 18.9 Å². The zero-order valence-electron chi connectivity index (χ0n) is 10.4. The minimum Gasteiger partial charge on any atom is -0.376 e. The van der Waals surface area contributed by atoms with Crippen LogP contribution < -0.4 is 0 Å². The van der Waals surface area contributed by atoms with E-state index in [4.69, 9.17) is 18.9 Å². The largest absolute Gasteiger partial charge is 0.376 e. The Labute approximate surface area is 97.2 Å². The molecular weight excluding hydrogens is 208 g/mol. The van der Waals surface area contributed by atoms with Crippen LogP contribution in [-0.2, 0) is 18.9 Å². The Bertz CT molecular complexity index is 216. The highest BCUT2D eigenvalue weighted by molar-refractivity contribution is 4.77. The molecule has 2 heterocycles. The van der Waals surface area contributed by atoms with Gasteiger partial charge in [0.05, 0.1) is 39.1 Å². The van der Waals surface area contributed by atoms with E-state index in [1.54, 1.807) is 0 Å². The van der Waals surface area contributed by atoms with E-state index < -0.39 is 0 Å². The van der Waals surface area contributed by atoms with Crippen LogP contribution in [0.5, 0.6) is 0 Å². The first-order valence-electron chi connectivity index (χ1n) is 5.98. The molecular formula is C12H22O4. The summed E-state index contributed by atoms with van der Waals surface area (Å²) in [6.07, 6.45) is 0.763. The van der Waals surface area contributed by atoms with Gasteiger partial charge in [-0.2, -0.15) is 0 Å². The highest BCUT2D eigenvalue weighted by Crippen LogP contribution is 2.24. The molecule has 2 rings (SSSR count). The normalized spacial score (nSPS) is 30.2. The standard InChI is InChI=1S/C12H22O4/c1-12(2,3)11(16-7-10-6-15-10)8-13-4-9-5-14-9/h9-11H,4-8H2,1-3H3. The third kappa shape index (κ3) is 4.37. The first kappa shape index (κ1) is 12.3. The van der Waals surface area contributed by atoms with Gasteiger partial charge in [-0.25, -0.2) is 0 Å². The summed E-state index contributed by atoms with van der Waals surface area (Å²) in [6.45, 7) is 10.2. The van der Waals surface area contributed by atoms with E-state index in [1.807, 2.05) is 0 Å². The summed E-state index contributed by atoms with van der Waals surface area (Å²) in [7, 11) is 0. The van der Waals surface area contributed by atoms with Crippen molar-refractivity contribution in [3.8, 4) is 0 Å². The van der Waals surface area contributed by atoms with Gasteiger partial charge in [0.2, 0.25) is 0 Å². The number of ether oxygens (including phenoxy) is 4. The second kappa shape index (κ2) is 5.00. The molecule has 0 N–H and O–H groups in total. The first-order chi connectivity index (χ1) is 7.55. The third-order valence-corrected chi connectivity index (χ3v) is 2.83. The molecule has 3 unspecified atom stereocenters. The molecule has 0 radical (unpaired) electrons. The number of hydrogen-bond donors (Lipinski definition) is 0. The molecule has 0 aromatic heterocycles. The maximum absolute atomic E-state index is 5.84. The highest BCUT2D eigenvalue weighted by Gasteiger charge is 2.31. The average molecular weight is 230 g/mol. The summed E-state index contributed by atoms with van der Waals surface area (Å²) in [5, 5.41) is 0. The summed E-state index contributed by atoms with van der Waals surface area (Å²) in [6, 6.07) is 0. The van der Waals surface area contributed by atoms with Crippen molar-refractivity contribution in [1.82, 2.24) is 0 Å². The molecule has 4 nitrogen and oxygen atoms in total. The molecule has 0 spiro atoms. The predicted molar refractivity (Wildman–Crippen MR) is 59.5 cm³/mol. The molecule has 0 aromatic carbocycles. The topological polar surface area (TPSA) is 43.5 Å². The molecule has 2 aliphatic heterocycles. The van der Waals surface area contributed by atoms with Crippen LogP contribution in [-0.4, -0.2) is 51.3 Å².